The first kappa shape index (κ1) is 21.3. The molecule has 2 aromatic carbocycles. The van der Waals surface area contributed by atoms with Crippen LogP contribution >= 0.6 is 11.3 Å². The summed E-state index contributed by atoms with van der Waals surface area (Å²) in [5.41, 5.74) is 4.31. The first-order valence-corrected chi connectivity index (χ1v) is 11.7. The molecule has 2 heterocycles. The second-order valence-electron chi connectivity index (χ2n) is 8.02. The van der Waals surface area contributed by atoms with Crippen LogP contribution in [0.3, 0.4) is 0 Å². The van der Waals surface area contributed by atoms with Gasteiger partial charge in [-0.2, -0.15) is 4.57 Å². The van der Waals surface area contributed by atoms with Crippen molar-refractivity contribution in [2.24, 2.45) is 7.05 Å². The van der Waals surface area contributed by atoms with E-state index in [4.69, 9.17) is 4.42 Å². The Kier molecular flexibility index (Phi) is 5.96. The molecule has 0 saturated carbocycles. The minimum absolute atomic E-state index is 0.196. The van der Waals surface area contributed by atoms with Gasteiger partial charge in [-0.1, -0.05) is 37.3 Å². The number of thiazole rings is 1. The zero-order chi connectivity index (χ0) is 22.1. The average molecular weight is 434 g/mol. The van der Waals surface area contributed by atoms with E-state index < -0.39 is 0 Å². The molecule has 0 aliphatic rings. The van der Waals surface area contributed by atoms with E-state index in [1.54, 1.807) is 11.3 Å². The number of fused-ring (bicyclic) bond motifs is 2. The second kappa shape index (κ2) is 8.67. The van der Waals surface area contributed by atoms with Crippen molar-refractivity contribution in [2.45, 2.75) is 33.6 Å². The predicted molar refractivity (Wildman–Crippen MR) is 132 cm³/mol. The molecule has 5 heteroatoms. The summed E-state index contributed by atoms with van der Waals surface area (Å²) < 4.78 is 9.19. The summed E-state index contributed by atoms with van der Waals surface area (Å²) in [6, 6.07) is 14.5. The molecule has 0 bridgehead atoms. The Morgan fingerprint density at radius 2 is 1.84 bits per heavy atom. The summed E-state index contributed by atoms with van der Waals surface area (Å²) in [7, 11) is 2.06. The molecule has 2 aromatic heterocycles. The van der Waals surface area contributed by atoms with E-state index in [0.29, 0.717) is 11.1 Å². The molecule has 4 nitrogen and oxygen atoms in total. The maximum Gasteiger partial charge on any atom is 0.343 e. The number of para-hydroxylation sites is 1. The summed E-state index contributed by atoms with van der Waals surface area (Å²) in [6.07, 6.45) is 3.95. The Labute approximate surface area is 187 Å². The Balaban J connectivity index is 1.85. The van der Waals surface area contributed by atoms with E-state index in [1.165, 1.54) is 10.2 Å². The SMILES string of the molecule is CCN(CC)c1ccc2c(C(C)C)c(/C=C/c3sc4ccccc4[n+]3C)c(=O)oc2c1. The summed E-state index contributed by atoms with van der Waals surface area (Å²) in [6.45, 7) is 10.3. The van der Waals surface area contributed by atoms with E-state index >= 15 is 0 Å². The smallest absolute Gasteiger partial charge is 0.343 e. The lowest BCUT2D eigenvalue weighted by molar-refractivity contribution is -0.642. The molecule has 31 heavy (non-hydrogen) atoms. The van der Waals surface area contributed by atoms with Crippen molar-refractivity contribution in [3.05, 3.63) is 69.0 Å². The van der Waals surface area contributed by atoms with Gasteiger partial charge < -0.3 is 9.32 Å². The Morgan fingerprint density at radius 1 is 1.10 bits per heavy atom. The topological polar surface area (TPSA) is 37.3 Å². The van der Waals surface area contributed by atoms with Crippen molar-refractivity contribution in [3.63, 3.8) is 0 Å². The average Bonchev–Trinajstić information content (AvgIpc) is 3.08. The fourth-order valence-electron chi connectivity index (χ4n) is 4.21. The van der Waals surface area contributed by atoms with Crippen LogP contribution in [0.5, 0.6) is 0 Å². The molecule has 0 spiro atoms. The van der Waals surface area contributed by atoms with Gasteiger partial charge in [-0.3, -0.25) is 0 Å². The van der Waals surface area contributed by atoms with Crippen molar-refractivity contribution in [1.82, 2.24) is 0 Å². The number of nitrogens with zero attached hydrogens (tertiary/aromatic N) is 2. The summed E-state index contributed by atoms with van der Waals surface area (Å²) in [5, 5.41) is 2.10. The lowest BCUT2D eigenvalue weighted by Crippen LogP contribution is -2.28. The van der Waals surface area contributed by atoms with Crippen LogP contribution in [-0.4, -0.2) is 13.1 Å². The van der Waals surface area contributed by atoms with Crippen molar-refractivity contribution in [2.75, 3.05) is 18.0 Å². The third kappa shape index (κ3) is 3.90. The highest BCUT2D eigenvalue weighted by atomic mass is 32.1. The van der Waals surface area contributed by atoms with Crippen LogP contribution in [0.4, 0.5) is 5.69 Å². The van der Waals surface area contributed by atoms with Crippen LogP contribution in [-0.2, 0) is 7.05 Å². The van der Waals surface area contributed by atoms with Crippen LogP contribution < -0.4 is 15.1 Å². The molecule has 160 valence electrons. The fraction of sp³-hybridized carbons (Fsp3) is 0.308. The van der Waals surface area contributed by atoms with E-state index in [0.717, 1.165) is 34.7 Å². The normalized spacial score (nSPS) is 11.9. The van der Waals surface area contributed by atoms with Crippen LogP contribution in [0.15, 0.2) is 51.7 Å². The number of hydrogen-bond acceptors (Lipinski definition) is 4. The Bertz CT molecular complexity index is 1330. The lowest BCUT2D eigenvalue weighted by atomic mass is 9.94. The first-order chi connectivity index (χ1) is 14.9. The number of aryl methyl sites for hydroxylation is 1. The minimum atomic E-state index is -0.284. The highest BCUT2D eigenvalue weighted by Crippen LogP contribution is 2.31. The quantitative estimate of drug-likeness (QED) is 0.278. The lowest BCUT2D eigenvalue weighted by Gasteiger charge is -2.21. The second-order valence-corrected chi connectivity index (χ2v) is 9.09. The predicted octanol–water partition coefficient (Wildman–Crippen LogP) is 5.97. The summed E-state index contributed by atoms with van der Waals surface area (Å²) in [4.78, 5) is 15.3. The van der Waals surface area contributed by atoms with Crippen molar-refractivity contribution in [3.8, 4) is 0 Å². The van der Waals surface area contributed by atoms with Gasteiger partial charge in [0, 0.05) is 42.4 Å². The first-order valence-electron chi connectivity index (χ1n) is 10.9. The molecule has 0 N–H and O–H groups in total. The summed E-state index contributed by atoms with van der Waals surface area (Å²) >= 11 is 1.71. The van der Waals surface area contributed by atoms with Crippen LogP contribution in [0.1, 0.15) is 49.7 Å². The van der Waals surface area contributed by atoms with Crippen LogP contribution in [0.2, 0.25) is 0 Å². The molecule has 0 unspecified atom stereocenters. The van der Waals surface area contributed by atoms with E-state index in [1.807, 2.05) is 30.4 Å². The van der Waals surface area contributed by atoms with Gasteiger partial charge in [0.25, 0.3) is 5.01 Å². The van der Waals surface area contributed by atoms with Crippen LogP contribution in [0, 0.1) is 0 Å². The minimum Gasteiger partial charge on any atom is -0.422 e. The largest absolute Gasteiger partial charge is 0.422 e. The number of hydrogen-bond donors (Lipinski definition) is 0. The Hall–Kier alpha value is -2.92. The molecule has 4 aromatic rings. The van der Waals surface area contributed by atoms with Gasteiger partial charge in [0.1, 0.15) is 17.3 Å². The van der Waals surface area contributed by atoms with Gasteiger partial charge in [0.05, 0.1) is 5.56 Å². The number of aromatic nitrogens is 1. The molecule has 0 amide bonds. The maximum absolute atomic E-state index is 13.0. The number of rotatable bonds is 6. The van der Waals surface area contributed by atoms with Gasteiger partial charge >= 0.3 is 5.63 Å². The van der Waals surface area contributed by atoms with Crippen molar-refractivity contribution < 1.29 is 8.98 Å². The van der Waals surface area contributed by atoms with E-state index in [2.05, 4.69) is 68.5 Å². The van der Waals surface area contributed by atoms with Gasteiger partial charge in [-0.25, -0.2) is 4.79 Å². The number of benzene rings is 2. The van der Waals surface area contributed by atoms with Gasteiger partial charge in [0.2, 0.25) is 5.52 Å². The molecule has 0 aliphatic heterocycles. The summed E-state index contributed by atoms with van der Waals surface area (Å²) in [5.74, 6) is 0.196. The third-order valence-corrected chi connectivity index (χ3v) is 7.02. The molecule has 0 radical (unpaired) electrons. The molecular formula is C26H29N2O2S+. The standard InChI is InChI=1S/C26H29N2O2S/c1-6-28(7-2)18-12-13-19-22(16-18)30-26(29)20(25(19)17(3)4)14-15-24-27(5)21-10-8-9-11-23(21)31-24/h8-17H,6-7H2,1-5H3/q+1. The van der Waals surface area contributed by atoms with E-state index in [9.17, 15) is 4.79 Å². The molecule has 4 rings (SSSR count). The Morgan fingerprint density at radius 3 is 2.52 bits per heavy atom. The van der Waals surface area contributed by atoms with Crippen molar-refractivity contribution >= 4 is 50.4 Å². The monoisotopic (exact) mass is 433 g/mol. The maximum atomic E-state index is 13.0. The molecule has 0 atom stereocenters. The van der Waals surface area contributed by atoms with Gasteiger partial charge in [0.15, 0.2) is 0 Å². The van der Waals surface area contributed by atoms with Gasteiger partial charge in [-0.15, -0.1) is 0 Å². The molecule has 0 aliphatic carbocycles. The molecule has 0 saturated heterocycles. The highest BCUT2D eigenvalue weighted by molar-refractivity contribution is 7.18. The fourth-order valence-corrected chi connectivity index (χ4v) is 5.27. The van der Waals surface area contributed by atoms with E-state index in [-0.39, 0.29) is 11.5 Å². The third-order valence-electron chi connectivity index (χ3n) is 5.84. The molecular weight excluding hydrogens is 404 g/mol. The van der Waals surface area contributed by atoms with Gasteiger partial charge in [-0.05, 0) is 49.6 Å². The zero-order valence-corrected chi connectivity index (χ0v) is 19.6. The highest BCUT2D eigenvalue weighted by Gasteiger charge is 2.18. The van der Waals surface area contributed by atoms with Crippen LogP contribution in [0.25, 0.3) is 33.3 Å². The van der Waals surface area contributed by atoms with Crippen molar-refractivity contribution in [1.29, 1.82) is 0 Å². The molecule has 0 fully saturated rings. The number of anilines is 1. The zero-order valence-electron chi connectivity index (χ0n) is 18.8.